The monoisotopic (exact) mass is 670 g/mol. The lowest BCUT2D eigenvalue weighted by molar-refractivity contribution is -0.0239. The van der Waals surface area contributed by atoms with Crippen LogP contribution in [0, 0.1) is 11.8 Å². The number of carbonyl (C=O) groups excluding carboxylic acids is 2. The lowest BCUT2D eigenvalue weighted by Crippen LogP contribution is -2.30. The van der Waals surface area contributed by atoms with E-state index in [0.717, 1.165) is 34.1 Å². The molecule has 4 nitrogen and oxygen atoms in total. The lowest BCUT2D eigenvalue weighted by atomic mass is 9.77. The van der Waals surface area contributed by atoms with Crippen LogP contribution in [0.25, 0.3) is 22.3 Å². The SMILES string of the molecule is CCC1CCC(c2ccc(-c3ccc(C(=O)OC(C)C(C)OC(=O)c4ccc(-c5ccc(C6CCC(CC)CC6)cc5)cc4)cc3)cc2)CC1. The number of benzene rings is 4. The van der Waals surface area contributed by atoms with Gasteiger partial charge >= 0.3 is 11.9 Å². The van der Waals surface area contributed by atoms with Gasteiger partial charge in [-0.05, 0) is 147 Å². The van der Waals surface area contributed by atoms with Crippen molar-refractivity contribution in [2.45, 2.75) is 116 Å². The molecule has 4 aromatic carbocycles. The first kappa shape index (κ1) is 35.6. The van der Waals surface area contributed by atoms with Gasteiger partial charge in [0.25, 0.3) is 0 Å². The summed E-state index contributed by atoms with van der Waals surface area (Å²) >= 11 is 0. The third-order valence-corrected chi connectivity index (χ3v) is 11.8. The number of rotatable bonds is 11. The highest BCUT2D eigenvalue weighted by atomic mass is 16.6. The summed E-state index contributed by atoms with van der Waals surface area (Å²) in [6.45, 7) is 8.12. The first-order valence-corrected chi connectivity index (χ1v) is 19.1. The first-order valence-electron chi connectivity index (χ1n) is 19.1. The van der Waals surface area contributed by atoms with Gasteiger partial charge in [0.1, 0.15) is 12.2 Å². The van der Waals surface area contributed by atoms with Gasteiger partial charge in [-0.3, -0.25) is 0 Å². The Kier molecular flexibility index (Phi) is 11.9. The van der Waals surface area contributed by atoms with Crippen molar-refractivity contribution in [2.75, 3.05) is 0 Å². The molecule has 0 spiro atoms. The molecule has 0 heterocycles. The molecule has 2 unspecified atom stereocenters. The van der Waals surface area contributed by atoms with E-state index in [-0.39, 0.29) is 0 Å². The Morgan fingerprint density at radius 1 is 0.480 bits per heavy atom. The fraction of sp³-hybridized carbons (Fsp3) is 0.435. The topological polar surface area (TPSA) is 52.6 Å². The van der Waals surface area contributed by atoms with Gasteiger partial charge in [-0.25, -0.2) is 9.59 Å². The summed E-state index contributed by atoms with van der Waals surface area (Å²) in [6, 6.07) is 32.9. The standard InChI is InChI=1S/C46H54O4/c1-5-33-7-11-35(12-8-33)37-15-19-39(20-16-37)41-23-27-43(28-24-41)45(47)49-31(3)32(4)50-46(48)44-29-25-42(26-30-44)40-21-17-38(18-22-40)36-13-9-34(6-2)10-14-36/h15-36H,5-14H2,1-4H3. The molecule has 2 atom stereocenters. The molecular weight excluding hydrogens is 617 g/mol. The van der Waals surface area contributed by atoms with Crippen LogP contribution in [-0.4, -0.2) is 24.1 Å². The summed E-state index contributed by atoms with van der Waals surface area (Å²) < 4.78 is 11.4. The zero-order valence-electron chi connectivity index (χ0n) is 30.4. The van der Waals surface area contributed by atoms with Gasteiger partial charge in [0.2, 0.25) is 0 Å². The van der Waals surface area contributed by atoms with E-state index in [2.05, 4.69) is 62.4 Å². The fourth-order valence-electron chi connectivity index (χ4n) is 7.97. The van der Waals surface area contributed by atoms with Gasteiger partial charge in [0.15, 0.2) is 0 Å². The van der Waals surface area contributed by atoms with Crippen LogP contribution < -0.4 is 0 Å². The number of hydrogen-bond donors (Lipinski definition) is 0. The van der Waals surface area contributed by atoms with E-state index in [1.165, 1.54) is 75.3 Å². The van der Waals surface area contributed by atoms with Crippen molar-refractivity contribution in [1.29, 1.82) is 0 Å². The van der Waals surface area contributed by atoms with Crippen LogP contribution in [0.2, 0.25) is 0 Å². The van der Waals surface area contributed by atoms with Gasteiger partial charge in [0, 0.05) is 0 Å². The van der Waals surface area contributed by atoms with E-state index in [4.69, 9.17) is 9.47 Å². The Morgan fingerprint density at radius 3 is 1.04 bits per heavy atom. The predicted molar refractivity (Wildman–Crippen MR) is 203 cm³/mol. The number of hydrogen-bond acceptors (Lipinski definition) is 4. The minimum atomic E-state index is -0.610. The maximum atomic E-state index is 13.0. The average molecular weight is 671 g/mol. The summed E-state index contributed by atoms with van der Waals surface area (Å²) in [6.07, 6.45) is 11.9. The van der Waals surface area contributed by atoms with Gasteiger partial charge in [0.05, 0.1) is 11.1 Å². The molecule has 2 saturated carbocycles. The number of carbonyl (C=O) groups is 2. The normalized spacial score (nSPS) is 21.9. The molecule has 262 valence electrons. The molecule has 2 fully saturated rings. The van der Waals surface area contributed by atoms with Gasteiger partial charge in [-0.1, -0.05) is 99.5 Å². The Balaban J connectivity index is 0.973. The molecule has 2 aliphatic rings. The smallest absolute Gasteiger partial charge is 0.338 e. The second-order valence-corrected chi connectivity index (χ2v) is 14.9. The number of ether oxygens (including phenoxy) is 2. The molecule has 2 aliphatic carbocycles. The van der Waals surface area contributed by atoms with Gasteiger partial charge in [-0.15, -0.1) is 0 Å². The summed E-state index contributed by atoms with van der Waals surface area (Å²) in [5, 5.41) is 0. The Morgan fingerprint density at radius 2 is 0.760 bits per heavy atom. The third kappa shape index (κ3) is 8.75. The molecule has 0 bridgehead atoms. The van der Waals surface area contributed by atoms with Crippen LogP contribution in [0.3, 0.4) is 0 Å². The summed E-state index contributed by atoms with van der Waals surface area (Å²) in [5.41, 5.74) is 8.20. The highest BCUT2D eigenvalue weighted by molar-refractivity contribution is 5.91. The molecule has 0 aliphatic heterocycles. The molecule has 0 radical (unpaired) electrons. The molecule has 0 saturated heterocycles. The van der Waals surface area contributed by atoms with E-state index < -0.39 is 24.1 Å². The molecule has 4 aromatic rings. The van der Waals surface area contributed by atoms with E-state index in [9.17, 15) is 9.59 Å². The van der Waals surface area contributed by atoms with Crippen LogP contribution in [0.1, 0.15) is 136 Å². The van der Waals surface area contributed by atoms with Crippen molar-refractivity contribution in [3.63, 3.8) is 0 Å². The van der Waals surface area contributed by atoms with Crippen molar-refractivity contribution in [3.8, 4) is 22.3 Å². The Labute approximate surface area is 299 Å². The van der Waals surface area contributed by atoms with Crippen LogP contribution >= 0.6 is 0 Å². The van der Waals surface area contributed by atoms with Crippen molar-refractivity contribution < 1.29 is 19.1 Å². The van der Waals surface area contributed by atoms with E-state index >= 15 is 0 Å². The van der Waals surface area contributed by atoms with Crippen molar-refractivity contribution in [3.05, 3.63) is 119 Å². The highest BCUT2D eigenvalue weighted by Crippen LogP contribution is 2.39. The quantitative estimate of drug-likeness (QED) is 0.149. The second kappa shape index (κ2) is 16.7. The maximum absolute atomic E-state index is 13.0. The Bertz CT molecular complexity index is 1540. The van der Waals surface area contributed by atoms with Crippen molar-refractivity contribution in [1.82, 2.24) is 0 Å². The lowest BCUT2D eigenvalue weighted by Gasteiger charge is -2.28. The van der Waals surface area contributed by atoms with Crippen LogP contribution in [-0.2, 0) is 9.47 Å². The Hall–Kier alpha value is -4.18. The van der Waals surface area contributed by atoms with Crippen LogP contribution in [0.5, 0.6) is 0 Å². The molecule has 0 amide bonds. The third-order valence-electron chi connectivity index (χ3n) is 11.8. The van der Waals surface area contributed by atoms with Crippen LogP contribution in [0.15, 0.2) is 97.1 Å². The second-order valence-electron chi connectivity index (χ2n) is 14.9. The molecule has 0 N–H and O–H groups in total. The zero-order valence-corrected chi connectivity index (χ0v) is 30.4. The summed E-state index contributed by atoms with van der Waals surface area (Å²) in [5.74, 6) is 2.26. The van der Waals surface area contributed by atoms with E-state index in [1.54, 1.807) is 38.1 Å². The predicted octanol–water partition coefficient (Wildman–Crippen LogP) is 12.2. The van der Waals surface area contributed by atoms with Gasteiger partial charge in [-0.2, -0.15) is 0 Å². The highest BCUT2D eigenvalue weighted by Gasteiger charge is 2.24. The average Bonchev–Trinajstić information content (AvgIpc) is 3.18. The van der Waals surface area contributed by atoms with Gasteiger partial charge < -0.3 is 9.47 Å². The first-order chi connectivity index (χ1) is 24.3. The largest absolute Gasteiger partial charge is 0.455 e. The molecule has 0 aromatic heterocycles. The number of esters is 2. The molecule has 50 heavy (non-hydrogen) atoms. The van der Waals surface area contributed by atoms with Crippen LogP contribution in [0.4, 0.5) is 0 Å². The molecular formula is C46H54O4. The van der Waals surface area contributed by atoms with E-state index in [0.29, 0.717) is 23.0 Å². The zero-order chi connectivity index (χ0) is 35.0. The van der Waals surface area contributed by atoms with E-state index in [1.807, 2.05) is 24.3 Å². The fourth-order valence-corrected chi connectivity index (χ4v) is 7.97. The van der Waals surface area contributed by atoms with Crippen molar-refractivity contribution in [2.24, 2.45) is 11.8 Å². The summed E-state index contributed by atoms with van der Waals surface area (Å²) in [7, 11) is 0. The maximum Gasteiger partial charge on any atom is 0.338 e. The summed E-state index contributed by atoms with van der Waals surface area (Å²) in [4.78, 5) is 25.9. The minimum Gasteiger partial charge on any atom is -0.455 e. The minimum absolute atomic E-state index is 0.436. The van der Waals surface area contributed by atoms with Crippen molar-refractivity contribution >= 4 is 11.9 Å². The molecule has 4 heteroatoms. The molecule has 6 rings (SSSR count).